The van der Waals surface area contributed by atoms with Gasteiger partial charge in [0.2, 0.25) is 0 Å². The molecule has 1 aliphatic carbocycles. The van der Waals surface area contributed by atoms with Crippen LogP contribution in [-0.2, 0) is 0 Å². The number of anilines is 1. The second-order valence-electron chi connectivity index (χ2n) is 5.94. The highest BCUT2D eigenvalue weighted by molar-refractivity contribution is 6.31. The lowest BCUT2D eigenvalue weighted by molar-refractivity contribution is -0.384. The topological polar surface area (TPSA) is 72.4 Å². The number of nitro groups is 1. The van der Waals surface area contributed by atoms with Gasteiger partial charge in [-0.15, -0.1) is 0 Å². The summed E-state index contributed by atoms with van der Waals surface area (Å²) < 4.78 is 13.7. The summed E-state index contributed by atoms with van der Waals surface area (Å²) in [6.45, 7) is 1.34. The zero-order valence-corrected chi connectivity index (χ0v) is 12.2. The summed E-state index contributed by atoms with van der Waals surface area (Å²) >= 11 is 5.66. The fourth-order valence-corrected chi connectivity index (χ4v) is 3.80. The van der Waals surface area contributed by atoms with Gasteiger partial charge in [-0.1, -0.05) is 18.0 Å². The number of fused-ring (bicyclic) bond motifs is 1. The van der Waals surface area contributed by atoms with Crippen molar-refractivity contribution in [1.82, 2.24) is 0 Å². The first-order chi connectivity index (χ1) is 9.97. The lowest BCUT2D eigenvalue weighted by atomic mass is 9.78. The van der Waals surface area contributed by atoms with E-state index in [1.54, 1.807) is 0 Å². The average Bonchev–Trinajstić information content (AvgIpc) is 2.86. The van der Waals surface area contributed by atoms with Crippen molar-refractivity contribution in [1.29, 1.82) is 0 Å². The molecule has 3 rings (SSSR count). The second-order valence-corrected chi connectivity index (χ2v) is 6.34. The fraction of sp³-hybridized carbons (Fsp3) is 0.571. The van der Waals surface area contributed by atoms with Crippen LogP contribution in [0.5, 0.6) is 0 Å². The van der Waals surface area contributed by atoms with Crippen LogP contribution in [0.3, 0.4) is 0 Å². The molecule has 3 atom stereocenters. The Morgan fingerprint density at radius 1 is 1.38 bits per heavy atom. The Bertz CT molecular complexity index is 584. The Kier molecular flexibility index (Phi) is 3.75. The van der Waals surface area contributed by atoms with Crippen LogP contribution in [0, 0.1) is 27.8 Å². The third kappa shape index (κ3) is 2.58. The molecule has 3 unspecified atom stereocenters. The molecule has 2 fully saturated rings. The summed E-state index contributed by atoms with van der Waals surface area (Å²) in [5.41, 5.74) is 6.32. The molecular weight excluding hydrogens is 297 g/mol. The summed E-state index contributed by atoms with van der Waals surface area (Å²) in [4.78, 5) is 12.6. The van der Waals surface area contributed by atoms with E-state index in [1.807, 2.05) is 4.90 Å². The van der Waals surface area contributed by atoms with Gasteiger partial charge in [-0.2, -0.15) is 0 Å². The van der Waals surface area contributed by atoms with Crippen molar-refractivity contribution in [2.75, 3.05) is 18.0 Å². The van der Waals surface area contributed by atoms with Crippen molar-refractivity contribution in [2.45, 2.75) is 25.3 Å². The third-order valence-corrected chi connectivity index (χ3v) is 5.00. The molecule has 5 nitrogen and oxygen atoms in total. The Morgan fingerprint density at radius 2 is 2.14 bits per heavy atom. The molecule has 0 aromatic heterocycles. The normalized spacial score (nSPS) is 28.5. The smallest absolute Gasteiger partial charge is 0.294 e. The summed E-state index contributed by atoms with van der Waals surface area (Å²) in [6, 6.07) is 2.39. The van der Waals surface area contributed by atoms with Crippen molar-refractivity contribution >= 4 is 23.0 Å². The molecule has 0 radical (unpaired) electrons. The minimum Gasteiger partial charge on any atom is -0.365 e. The van der Waals surface area contributed by atoms with E-state index in [9.17, 15) is 14.5 Å². The lowest BCUT2D eigenvalue weighted by Gasteiger charge is -2.29. The molecule has 1 heterocycles. The van der Waals surface area contributed by atoms with E-state index >= 15 is 0 Å². The lowest BCUT2D eigenvalue weighted by Crippen LogP contribution is -2.38. The zero-order chi connectivity index (χ0) is 15.1. The molecule has 1 saturated carbocycles. The maximum absolute atomic E-state index is 13.7. The van der Waals surface area contributed by atoms with E-state index in [-0.39, 0.29) is 16.8 Å². The van der Waals surface area contributed by atoms with Crippen LogP contribution < -0.4 is 10.6 Å². The maximum atomic E-state index is 13.7. The summed E-state index contributed by atoms with van der Waals surface area (Å²) in [6.07, 6.45) is 3.16. The molecule has 1 aliphatic heterocycles. The van der Waals surface area contributed by atoms with E-state index in [4.69, 9.17) is 17.3 Å². The monoisotopic (exact) mass is 313 g/mol. The summed E-state index contributed by atoms with van der Waals surface area (Å²) in [7, 11) is 0. The Morgan fingerprint density at radius 3 is 2.81 bits per heavy atom. The SMILES string of the molecule is NC1CCCC2CN(c3cc(F)c(Cl)cc3[N+](=O)[O-])CC12. The first-order valence-corrected chi connectivity index (χ1v) is 7.49. The fourth-order valence-electron chi connectivity index (χ4n) is 3.64. The summed E-state index contributed by atoms with van der Waals surface area (Å²) in [5.74, 6) is 0.139. The quantitative estimate of drug-likeness (QED) is 0.673. The predicted molar refractivity (Wildman–Crippen MR) is 79.1 cm³/mol. The highest BCUT2D eigenvalue weighted by atomic mass is 35.5. The van der Waals surface area contributed by atoms with E-state index in [1.165, 1.54) is 6.07 Å². The Labute approximate surface area is 127 Å². The first-order valence-electron chi connectivity index (χ1n) is 7.11. The van der Waals surface area contributed by atoms with Crippen molar-refractivity contribution in [3.63, 3.8) is 0 Å². The van der Waals surface area contributed by atoms with E-state index in [0.29, 0.717) is 30.6 Å². The van der Waals surface area contributed by atoms with Gasteiger partial charge in [-0.05, 0) is 24.7 Å². The number of nitro benzene ring substituents is 1. The molecule has 0 bridgehead atoms. The van der Waals surface area contributed by atoms with E-state index in [0.717, 1.165) is 25.3 Å². The Balaban J connectivity index is 1.94. The predicted octanol–water partition coefficient (Wildman–Crippen LogP) is 2.95. The van der Waals surface area contributed by atoms with Crippen LogP contribution in [0.2, 0.25) is 5.02 Å². The number of nitrogens with two attached hydrogens (primary N) is 1. The molecule has 1 saturated heterocycles. The largest absolute Gasteiger partial charge is 0.365 e. The average molecular weight is 314 g/mol. The van der Waals surface area contributed by atoms with Crippen LogP contribution >= 0.6 is 11.6 Å². The highest BCUT2D eigenvalue weighted by Gasteiger charge is 2.40. The number of halogens is 2. The number of nitrogens with zero attached hydrogens (tertiary/aromatic N) is 2. The first kappa shape index (κ1) is 14.5. The number of benzene rings is 1. The van der Waals surface area contributed by atoms with Crippen LogP contribution in [0.4, 0.5) is 15.8 Å². The van der Waals surface area contributed by atoms with Gasteiger partial charge >= 0.3 is 0 Å². The number of hydrogen-bond donors (Lipinski definition) is 1. The molecule has 21 heavy (non-hydrogen) atoms. The highest BCUT2D eigenvalue weighted by Crippen LogP contribution is 2.41. The summed E-state index contributed by atoms with van der Waals surface area (Å²) in [5, 5.41) is 11.0. The molecule has 1 aromatic carbocycles. The van der Waals surface area contributed by atoms with Crippen LogP contribution in [-0.4, -0.2) is 24.1 Å². The van der Waals surface area contributed by atoms with Crippen molar-refractivity contribution in [2.24, 2.45) is 17.6 Å². The third-order valence-electron chi connectivity index (χ3n) is 4.71. The van der Waals surface area contributed by atoms with Crippen LogP contribution in [0.25, 0.3) is 0 Å². The molecule has 2 N–H and O–H groups in total. The molecule has 2 aliphatic rings. The molecule has 114 valence electrons. The van der Waals surface area contributed by atoms with Gasteiger partial charge in [0.25, 0.3) is 5.69 Å². The van der Waals surface area contributed by atoms with Crippen molar-refractivity contribution < 1.29 is 9.31 Å². The molecule has 7 heteroatoms. The molecule has 0 amide bonds. The number of hydrogen-bond acceptors (Lipinski definition) is 4. The Hall–Kier alpha value is -1.40. The molecular formula is C14H17ClFN3O2. The van der Waals surface area contributed by atoms with Gasteiger partial charge in [0.05, 0.1) is 9.95 Å². The molecule has 0 spiro atoms. The minimum atomic E-state index is -0.628. The second kappa shape index (κ2) is 5.42. The van der Waals surface area contributed by atoms with Gasteiger partial charge in [0.1, 0.15) is 11.5 Å². The maximum Gasteiger partial charge on any atom is 0.294 e. The van der Waals surface area contributed by atoms with Crippen LogP contribution in [0.1, 0.15) is 19.3 Å². The van der Waals surface area contributed by atoms with Gasteiger partial charge in [-0.3, -0.25) is 10.1 Å². The van der Waals surface area contributed by atoms with E-state index in [2.05, 4.69) is 0 Å². The number of rotatable bonds is 2. The molecule has 1 aromatic rings. The van der Waals surface area contributed by atoms with Gasteiger partial charge < -0.3 is 10.6 Å². The van der Waals surface area contributed by atoms with Gasteiger partial charge in [0, 0.05) is 31.3 Å². The van der Waals surface area contributed by atoms with Gasteiger partial charge in [-0.25, -0.2) is 4.39 Å². The van der Waals surface area contributed by atoms with Crippen molar-refractivity contribution in [3.8, 4) is 0 Å². The standard InChI is InChI=1S/C14H17ClFN3O2/c15-10-4-14(19(20)21)13(5-11(10)16)18-6-8-2-1-3-12(17)9(8)7-18/h4-5,8-9,12H,1-3,6-7,17H2. The zero-order valence-electron chi connectivity index (χ0n) is 11.5. The van der Waals surface area contributed by atoms with Crippen LogP contribution in [0.15, 0.2) is 12.1 Å². The minimum absolute atomic E-state index is 0.130. The van der Waals surface area contributed by atoms with E-state index < -0.39 is 10.7 Å². The van der Waals surface area contributed by atoms with Gasteiger partial charge in [0.15, 0.2) is 0 Å². The van der Waals surface area contributed by atoms with Crippen molar-refractivity contribution in [3.05, 3.63) is 33.1 Å².